The monoisotopic (exact) mass is 504 g/mol. The minimum Gasteiger partial charge on any atom is -0.390 e. The summed E-state index contributed by atoms with van der Waals surface area (Å²) < 4.78 is 39.5. The summed E-state index contributed by atoms with van der Waals surface area (Å²) in [5.74, 6) is -0.919. The number of hydrogen-bond donors (Lipinski definition) is 8. The number of rotatable bonds is 5. The largest absolute Gasteiger partial charge is 0.431 e. The van der Waals surface area contributed by atoms with Crippen LogP contribution in [-0.2, 0) is 4.79 Å². The first-order valence-electron chi connectivity index (χ1n) is 10.6. The molecule has 3 heterocycles. The Morgan fingerprint density at radius 1 is 1.24 bits per heavy atom. The van der Waals surface area contributed by atoms with Crippen molar-refractivity contribution in [3.63, 3.8) is 0 Å². The van der Waals surface area contributed by atoms with E-state index in [9.17, 15) is 27.6 Å². The highest BCUT2D eigenvalue weighted by Gasteiger charge is 2.44. The Labute approximate surface area is 197 Å². The third-order valence-corrected chi connectivity index (χ3v) is 6.68. The number of primary amides is 1. The third kappa shape index (κ3) is 6.42. The van der Waals surface area contributed by atoms with Crippen molar-refractivity contribution in [1.82, 2.24) is 37.4 Å². The molecule has 4 unspecified atom stereocenters. The molecule has 0 aliphatic carbocycles. The number of carbonyl (C=O) groups excluding carboxylic acids is 3. The summed E-state index contributed by atoms with van der Waals surface area (Å²) >= 11 is 1.02. The third-order valence-electron chi connectivity index (χ3n) is 5.59. The zero-order valence-corrected chi connectivity index (χ0v) is 19.0. The lowest BCUT2D eigenvalue weighted by Gasteiger charge is -2.40. The molecule has 0 saturated carbocycles. The van der Waals surface area contributed by atoms with Crippen LogP contribution in [0.25, 0.3) is 0 Å². The van der Waals surface area contributed by atoms with E-state index in [1.54, 1.807) is 19.2 Å². The fourth-order valence-electron chi connectivity index (χ4n) is 4.06. The van der Waals surface area contributed by atoms with E-state index in [0.29, 0.717) is 37.4 Å². The zero-order chi connectivity index (χ0) is 24.9. The minimum absolute atomic E-state index is 0.128. The van der Waals surface area contributed by atoms with Crippen LogP contribution in [0.3, 0.4) is 0 Å². The van der Waals surface area contributed by atoms with Gasteiger partial charge in [-0.05, 0) is 31.3 Å². The molecule has 5 amide bonds. The van der Waals surface area contributed by atoms with Gasteiger partial charge in [0.25, 0.3) is 5.91 Å². The van der Waals surface area contributed by atoms with E-state index in [4.69, 9.17) is 5.73 Å². The molecular formula is C19H27F3N8O3S. The Bertz CT molecular complexity index is 908. The number of hydrogen-bond acceptors (Lipinski definition) is 7. The topological polar surface area (TPSA) is 161 Å². The number of amides is 5. The van der Waals surface area contributed by atoms with Gasteiger partial charge in [0.15, 0.2) is 0 Å². The fourth-order valence-corrected chi connectivity index (χ4v) is 5.20. The number of allylic oxidation sites excluding steroid dienone is 1. The number of halogens is 3. The van der Waals surface area contributed by atoms with Crippen molar-refractivity contribution < 1.29 is 27.6 Å². The summed E-state index contributed by atoms with van der Waals surface area (Å²) in [4.78, 5) is 35.3. The Hall–Kier alpha value is -3.23. The number of hydrazine groups is 1. The van der Waals surface area contributed by atoms with Crippen LogP contribution in [0.2, 0.25) is 0 Å². The predicted octanol–water partition coefficient (Wildman–Crippen LogP) is 0.242. The number of nitrogens with one attached hydrogen (secondary N) is 7. The lowest BCUT2D eigenvalue weighted by atomic mass is 9.75. The van der Waals surface area contributed by atoms with Gasteiger partial charge in [0.2, 0.25) is 0 Å². The molecule has 11 nitrogen and oxygen atoms in total. The molecule has 0 aromatic carbocycles. The molecule has 0 saturated heterocycles. The van der Waals surface area contributed by atoms with E-state index in [1.165, 1.54) is 0 Å². The van der Waals surface area contributed by atoms with Crippen LogP contribution >= 0.6 is 11.8 Å². The van der Waals surface area contributed by atoms with Gasteiger partial charge in [-0.2, -0.15) is 13.2 Å². The molecule has 0 spiro atoms. The van der Waals surface area contributed by atoms with Gasteiger partial charge in [-0.15, -0.1) is 11.8 Å². The molecule has 0 fully saturated rings. The van der Waals surface area contributed by atoms with Crippen LogP contribution in [0.5, 0.6) is 0 Å². The maximum atomic E-state index is 13.2. The number of carbonyl (C=O) groups is 3. The smallest absolute Gasteiger partial charge is 0.390 e. The number of thioether (sulfide) groups is 1. The highest BCUT2D eigenvalue weighted by atomic mass is 32.2. The second-order valence-corrected chi connectivity index (χ2v) is 8.92. The molecule has 0 bridgehead atoms. The molecular weight excluding hydrogens is 477 g/mol. The minimum atomic E-state index is -4.50. The van der Waals surface area contributed by atoms with E-state index >= 15 is 0 Å². The average Bonchev–Trinajstić information content (AvgIpc) is 3.28. The van der Waals surface area contributed by atoms with Crippen molar-refractivity contribution >= 4 is 29.7 Å². The van der Waals surface area contributed by atoms with Gasteiger partial charge in [-0.1, -0.05) is 0 Å². The highest BCUT2D eigenvalue weighted by molar-refractivity contribution is 8.03. The van der Waals surface area contributed by atoms with Crippen LogP contribution in [0.4, 0.5) is 22.8 Å². The molecule has 3 aliphatic heterocycles. The van der Waals surface area contributed by atoms with Crippen molar-refractivity contribution in [1.29, 1.82) is 0 Å². The molecule has 3 aliphatic rings. The fraction of sp³-hybridized carbons (Fsp3) is 0.526. The van der Waals surface area contributed by atoms with Crippen molar-refractivity contribution in [2.45, 2.75) is 24.9 Å². The van der Waals surface area contributed by atoms with Crippen molar-refractivity contribution in [3.05, 3.63) is 34.8 Å². The molecule has 0 aromatic heterocycles. The molecule has 0 aromatic rings. The summed E-state index contributed by atoms with van der Waals surface area (Å²) in [7, 11) is 0. The number of nitrogens with two attached hydrogens (primary N) is 1. The van der Waals surface area contributed by atoms with Crippen LogP contribution in [0, 0.1) is 17.8 Å². The van der Waals surface area contributed by atoms with Crippen LogP contribution in [0.1, 0.15) is 13.3 Å². The average molecular weight is 505 g/mol. The van der Waals surface area contributed by atoms with Crippen LogP contribution in [-0.4, -0.2) is 49.2 Å². The molecule has 9 N–H and O–H groups in total. The summed E-state index contributed by atoms with van der Waals surface area (Å²) in [6.45, 7) is 2.96. The molecule has 15 heteroatoms. The van der Waals surface area contributed by atoms with Crippen molar-refractivity contribution in [2.75, 3.05) is 19.6 Å². The predicted molar refractivity (Wildman–Crippen MR) is 119 cm³/mol. The Kier molecular flexibility index (Phi) is 8.06. The van der Waals surface area contributed by atoms with Crippen molar-refractivity contribution in [2.24, 2.45) is 23.5 Å². The Balaban J connectivity index is 1.71. The number of alkyl halides is 3. The lowest BCUT2D eigenvalue weighted by Crippen LogP contribution is -2.51. The van der Waals surface area contributed by atoms with Gasteiger partial charge in [-0.25, -0.2) is 15.0 Å². The summed E-state index contributed by atoms with van der Waals surface area (Å²) in [6, 6.07) is -1.34. The summed E-state index contributed by atoms with van der Waals surface area (Å²) in [5, 5.41) is 14.0. The Morgan fingerprint density at radius 3 is 2.65 bits per heavy atom. The van der Waals surface area contributed by atoms with Crippen molar-refractivity contribution in [3.8, 4) is 0 Å². The first-order valence-corrected chi connectivity index (χ1v) is 11.5. The first kappa shape index (κ1) is 25.4. The normalized spacial score (nSPS) is 26.4. The molecule has 34 heavy (non-hydrogen) atoms. The molecule has 3 rings (SSSR count). The van der Waals surface area contributed by atoms with Crippen LogP contribution < -0.4 is 43.2 Å². The van der Waals surface area contributed by atoms with Gasteiger partial charge in [0.1, 0.15) is 11.5 Å². The zero-order valence-electron chi connectivity index (χ0n) is 18.2. The van der Waals surface area contributed by atoms with E-state index < -0.39 is 41.1 Å². The highest BCUT2D eigenvalue weighted by Crippen LogP contribution is 2.41. The van der Waals surface area contributed by atoms with Crippen LogP contribution in [0.15, 0.2) is 34.8 Å². The maximum Gasteiger partial charge on any atom is 0.431 e. The molecule has 0 radical (unpaired) electrons. The quantitative estimate of drug-likeness (QED) is 0.249. The van der Waals surface area contributed by atoms with E-state index in [0.717, 1.165) is 17.2 Å². The maximum absolute atomic E-state index is 13.2. The second kappa shape index (κ2) is 10.8. The van der Waals surface area contributed by atoms with Gasteiger partial charge in [0.05, 0.1) is 5.37 Å². The second-order valence-electron chi connectivity index (χ2n) is 7.90. The Morgan fingerprint density at radius 2 is 2.00 bits per heavy atom. The summed E-state index contributed by atoms with van der Waals surface area (Å²) in [6.07, 6.45) is -0.953. The summed E-state index contributed by atoms with van der Waals surface area (Å²) in [5.41, 5.74) is 9.34. The van der Waals surface area contributed by atoms with E-state index in [2.05, 4.69) is 37.4 Å². The van der Waals surface area contributed by atoms with Gasteiger partial charge in [0, 0.05) is 42.7 Å². The SMILES string of the molecule is CCNC(=O)NNC(=O)C1=CNCC(C2CNC(NC(N)=O)=CC2C2NC(C(F)(F)F)=CS2)C1. The first-order chi connectivity index (χ1) is 16.1. The van der Waals surface area contributed by atoms with Gasteiger partial charge < -0.3 is 27.0 Å². The number of urea groups is 2. The van der Waals surface area contributed by atoms with Gasteiger partial charge >= 0.3 is 18.2 Å². The standard InChI is InChI=1S/C19H27F3N8O3S/c1-2-25-18(33)30-29-15(31)10-3-9(5-24-6-10)12-7-26-14(28-17(23)32)4-11(12)16-27-13(8-34-16)19(20,21)22/h4,6,8-9,11-12,16,24,26-27H,2-3,5,7H2,1H3,(H,29,31)(H3,23,28,32)(H2,25,30,33). The van der Waals surface area contributed by atoms with E-state index in [1.807, 2.05) is 0 Å². The molecule has 188 valence electrons. The molecule has 4 atom stereocenters. The lowest BCUT2D eigenvalue weighted by molar-refractivity contribution is -0.118. The van der Waals surface area contributed by atoms with Gasteiger partial charge in [-0.3, -0.25) is 15.5 Å². The van der Waals surface area contributed by atoms with E-state index in [-0.39, 0.29) is 11.8 Å².